The number of nitrogens with zero attached hydrogens (tertiary/aromatic N) is 2. The SMILES string of the molecule is CC(=Cc1ccco1)CN1C[C@H](NS(=O)(=O)N(C)C)[C@@H](C2CC2)C1. The number of furan rings is 1. The zero-order valence-electron chi connectivity index (χ0n) is 14.6. The number of likely N-dealkylation sites (tertiary alicyclic amines) is 1. The lowest BCUT2D eigenvalue weighted by Crippen LogP contribution is -2.46. The minimum atomic E-state index is -3.39. The van der Waals surface area contributed by atoms with Gasteiger partial charge in [0, 0.05) is 39.8 Å². The van der Waals surface area contributed by atoms with E-state index in [-0.39, 0.29) is 6.04 Å². The topological polar surface area (TPSA) is 65.8 Å². The summed E-state index contributed by atoms with van der Waals surface area (Å²) in [6, 6.07) is 3.82. The molecule has 6 nitrogen and oxygen atoms in total. The largest absolute Gasteiger partial charge is 0.465 e. The van der Waals surface area contributed by atoms with Crippen LogP contribution in [-0.2, 0) is 10.2 Å². The van der Waals surface area contributed by atoms with E-state index in [0.717, 1.165) is 25.4 Å². The van der Waals surface area contributed by atoms with E-state index < -0.39 is 10.2 Å². The third kappa shape index (κ3) is 4.27. The summed E-state index contributed by atoms with van der Waals surface area (Å²) in [5, 5.41) is 0. The van der Waals surface area contributed by atoms with Crippen LogP contribution in [0.5, 0.6) is 0 Å². The summed E-state index contributed by atoms with van der Waals surface area (Å²) >= 11 is 0. The smallest absolute Gasteiger partial charge is 0.279 e. The maximum absolute atomic E-state index is 12.2. The van der Waals surface area contributed by atoms with Crippen LogP contribution < -0.4 is 4.72 Å². The van der Waals surface area contributed by atoms with Crippen molar-refractivity contribution in [3.8, 4) is 0 Å². The van der Waals surface area contributed by atoms with Crippen LogP contribution in [0.1, 0.15) is 25.5 Å². The molecule has 2 fully saturated rings. The molecule has 7 heteroatoms. The van der Waals surface area contributed by atoms with Crippen LogP contribution in [0.15, 0.2) is 28.4 Å². The molecule has 0 bridgehead atoms. The van der Waals surface area contributed by atoms with Crippen molar-refractivity contribution < 1.29 is 12.8 Å². The molecule has 1 aliphatic heterocycles. The Morgan fingerprint density at radius 2 is 2.17 bits per heavy atom. The van der Waals surface area contributed by atoms with E-state index in [1.54, 1.807) is 20.4 Å². The Balaban J connectivity index is 1.64. The van der Waals surface area contributed by atoms with Crippen LogP contribution in [0.25, 0.3) is 6.08 Å². The average molecular weight is 353 g/mol. The van der Waals surface area contributed by atoms with Gasteiger partial charge in [-0.05, 0) is 49.8 Å². The van der Waals surface area contributed by atoms with Gasteiger partial charge in [-0.3, -0.25) is 4.90 Å². The van der Waals surface area contributed by atoms with E-state index in [2.05, 4.69) is 16.5 Å². The highest BCUT2D eigenvalue weighted by Crippen LogP contribution is 2.41. The van der Waals surface area contributed by atoms with Gasteiger partial charge in [0.05, 0.1) is 6.26 Å². The first kappa shape index (κ1) is 17.7. The van der Waals surface area contributed by atoms with Gasteiger partial charge in [-0.15, -0.1) is 0 Å². The second-order valence-corrected chi connectivity index (χ2v) is 9.13. The van der Waals surface area contributed by atoms with Crippen LogP contribution in [0, 0.1) is 11.8 Å². The third-order valence-corrected chi connectivity index (χ3v) is 6.42. The van der Waals surface area contributed by atoms with Gasteiger partial charge in [-0.1, -0.05) is 5.57 Å². The van der Waals surface area contributed by atoms with E-state index in [4.69, 9.17) is 4.42 Å². The molecule has 1 aliphatic carbocycles. The van der Waals surface area contributed by atoms with Crippen molar-refractivity contribution >= 4 is 16.3 Å². The lowest BCUT2D eigenvalue weighted by atomic mass is 9.99. The molecule has 1 saturated heterocycles. The van der Waals surface area contributed by atoms with Crippen molar-refractivity contribution in [1.82, 2.24) is 13.9 Å². The fraction of sp³-hybridized carbons (Fsp3) is 0.647. The zero-order chi connectivity index (χ0) is 17.3. The van der Waals surface area contributed by atoms with Crippen LogP contribution in [0.3, 0.4) is 0 Å². The third-order valence-electron chi connectivity index (χ3n) is 4.85. The highest BCUT2D eigenvalue weighted by atomic mass is 32.2. The molecule has 0 unspecified atom stereocenters. The molecular weight excluding hydrogens is 326 g/mol. The summed E-state index contributed by atoms with van der Waals surface area (Å²) in [6.07, 6.45) is 6.16. The Kier molecular flexibility index (Phi) is 5.15. The summed E-state index contributed by atoms with van der Waals surface area (Å²) < 4.78 is 33.9. The van der Waals surface area contributed by atoms with E-state index in [1.165, 1.54) is 22.7 Å². The molecule has 0 radical (unpaired) electrons. The maximum Gasteiger partial charge on any atom is 0.279 e. The van der Waals surface area contributed by atoms with Gasteiger partial charge in [-0.2, -0.15) is 17.4 Å². The summed E-state index contributed by atoms with van der Waals surface area (Å²) in [4.78, 5) is 2.35. The van der Waals surface area contributed by atoms with E-state index >= 15 is 0 Å². The Labute approximate surface area is 144 Å². The van der Waals surface area contributed by atoms with Gasteiger partial charge in [0.2, 0.25) is 0 Å². The Morgan fingerprint density at radius 3 is 2.75 bits per heavy atom. The first-order chi connectivity index (χ1) is 11.3. The molecule has 1 saturated carbocycles. The lowest BCUT2D eigenvalue weighted by Gasteiger charge is -2.21. The molecular formula is C17H27N3O3S. The van der Waals surface area contributed by atoms with E-state index in [9.17, 15) is 8.42 Å². The minimum Gasteiger partial charge on any atom is -0.465 e. The van der Waals surface area contributed by atoms with Crippen LogP contribution in [0.2, 0.25) is 0 Å². The lowest BCUT2D eigenvalue weighted by molar-refractivity contribution is 0.342. The molecule has 1 aromatic heterocycles. The normalized spacial score (nSPS) is 26.4. The Morgan fingerprint density at radius 1 is 1.42 bits per heavy atom. The predicted molar refractivity (Wildman–Crippen MR) is 94.5 cm³/mol. The number of hydrogen-bond donors (Lipinski definition) is 1. The fourth-order valence-corrected chi connectivity index (χ4v) is 4.32. The van der Waals surface area contributed by atoms with Crippen molar-refractivity contribution in [3.05, 3.63) is 29.7 Å². The molecule has 24 heavy (non-hydrogen) atoms. The second kappa shape index (κ2) is 7.00. The van der Waals surface area contributed by atoms with Crippen LogP contribution in [-0.4, -0.2) is 57.4 Å². The molecule has 3 rings (SSSR count). The first-order valence-corrected chi connectivity index (χ1v) is 9.92. The van der Waals surface area contributed by atoms with Crippen molar-refractivity contribution in [2.24, 2.45) is 11.8 Å². The van der Waals surface area contributed by atoms with Crippen molar-refractivity contribution in [3.63, 3.8) is 0 Å². The fourth-order valence-electron chi connectivity index (χ4n) is 3.48. The highest BCUT2D eigenvalue weighted by Gasteiger charge is 2.43. The zero-order valence-corrected chi connectivity index (χ0v) is 15.4. The van der Waals surface area contributed by atoms with Gasteiger partial charge < -0.3 is 4.42 Å². The van der Waals surface area contributed by atoms with E-state index in [1.807, 2.05) is 18.2 Å². The minimum absolute atomic E-state index is 0.00122. The first-order valence-electron chi connectivity index (χ1n) is 8.48. The number of hydrogen-bond acceptors (Lipinski definition) is 4. The Bertz CT molecular complexity index is 678. The monoisotopic (exact) mass is 353 g/mol. The molecule has 2 atom stereocenters. The summed E-state index contributed by atoms with van der Waals surface area (Å²) in [7, 11) is -0.252. The molecule has 0 aromatic carbocycles. The number of rotatable bonds is 7. The van der Waals surface area contributed by atoms with Crippen molar-refractivity contribution in [2.75, 3.05) is 33.7 Å². The molecule has 0 spiro atoms. The molecule has 0 amide bonds. The van der Waals surface area contributed by atoms with Crippen LogP contribution in [0.4, 0.5) is 0 Å². The molecule has 1 N–H and O–H groups in total. The molecule has 2 aliphatic rings. The number of nitrogens with one attached hydrogen (secondary N) is 1. The second-order valence-electron chi connectivity index (χ2n) is 7.21. The standard InChI is InChI=1S/C17H27N3O3S/c1-13(9-15-5-4-8-23-15)10-20-11-16(14-6-7-14)17(12-20)18-24(21,22)19(2)3/h4-5,8-9,14,16-18H,6-7,10-12H2,1-3H3/t16-,17+/m1/s1. The van der Waals surface area contributed by atoms with Gasteiger partial charge in [0.25, 0.3) is 10.2 Å². The van der Waals surface area contributed by atoms with Gasteiger partial charge >= 0.3 is 0 Å². The summed E-state index contributed by atoms with van der Waals surface area (Å²) in [5.74, 6) is 1.94. The summed E-state index contributed by atoms with van der Waals surface area (Å²) in [5.41, 5.74) is 1.22. The average Bonchev–Trinajstić information content (AvgIpc) is 3.08. The molecule has 2 heterocycles. The van der Waals surface area contributed by atoms with E-state index in [0.29, 0.717) is 11.8 Å². The predicted octanol–water partition coefficient (Wildman–Crippen LogP) is 1.79. The van der Waals surface area contributed by atoms with Gasteiger partial charge in [-0.25, -0.2) is 0 Å². The van der Waals surface area contributed by atoms with Gasteiger partial charge in [0.1, 0.15) is 5.76 Å². The van der Waals surface area contributed by atoms with Crippen molar-refractivity contribution in [2.45, 2.75) is 25.8 Å². The Hall–Kier alpha value is -1.15. The highest BCUT2D eigenvalue weighted by molar-refractivity contribution is 7.87. The van der Waals surface area contributed by atoms with Gasteiger partial charge in [0.15, 0.2) is 0 Å². The molecule has 1 aromatic rings. The quantitative estimate of drug-likeness (QED) is 0.812. The molecule has 134 valence electrons. The van der Waals surface area contributed by atoms with Crippen LogP contribution >= 0.6 is 0 Å². The van der Waals surface area contributed by atoms with Crippen molar-refractivity contribution in [1.29, 1.82) is 0 Å². The summed E-state index contributed by atoms with van der Waals surface area (Å²) in [6.45, 7) is 4.64. The maximum atomic E-state index is 12.2.